The first-order valence-electron chi connectivity index (χ1n) is 44.3. The van der Waals surface area contributed by atoms with E-state index in [1.807, 2.05) is 0 Å². The van der Waals surface area contributed by atoms with E-state index in [9.17, 15) is 43.2 Å². The maximum atomic E-state index is 13.1. The molecule has 0 saturated heterocycles. The van der Waals surface area contributed by atoms with Crippen LogP contribution in [-0.4, -0.2) is 96.7 Å². The molecule has 8 atom stereocenters. The number of aliphatic hydroxyl groups is 1. The Balaban J connectivity index is 5.22. The van der Waals surface area contributed by atoms with Crippen LogP contribution in [0.2, 0.25) is 0 Å². The molecule has 5 unspecified atom stereocenters. The van der Waals surface area contributed by atoms with E-state index in [1.54, 1.807) is 0 Å². The number of hydrogen-bond donors (Lipinski definition) is 3. The van der Waals surface area contributed by atoms with Gasteiger partial charge in [0.1, 0.15) is 19.3 Å². The molecule has 0 aromatic carbocycles. The van der Waals surface area contributed by atoms with E-state index in [0.29, 0.717) is 25.7 Å². The summed E-state index contributed by atoms with van der Waals surface area (Å²) in [7, 11) is -9.93. The lowest BCUT2D eigenvalue weighted by molar-refractivity contribution is -0.161. The van der Waals surface area contributed by atoms with Crippen LogP contribution in [0.5, 0.6) is 0 Å². The van der Waals surface area contributed by atoms with Crippen molar-refractivity contribution in [3.8, 4) is 0 Å². The quantitative estimate of drug-likeness (QED) is 0.0222. The normalized spacial score (nSPS) is 14.7. The van der Waals surface area contributed by atoms with Gasteiger partial charge in [0, 0.05) is 25.7 Å². The first kappa shape index (κ1) is 103. The highest BCUT2D eigenvalue weighted by Crippen LogP contribution is 2.45. The highest BCUT2D eigenvalue weighted by Gasteiger charge is 2.31. The zero-order chi connectivity index (χ0) is 77.4. The molecule has 0 radical (unpaired) electrons. The molecule has 0 aromatic rings. The Bertz CT molecular complexity index is 2050. The summed E-state index contributed by atoms with van der Waals surface area (Å²) in [6.07, 6.45) is 63.8. The van der Waals surface area contributed by atoms with Crippen molar-refractivity contribution in [2.24, 2.45) is 23.7 Å². The zero-order valence-electron chi connectivity index (χ0n) is 69.4. The second-order valence-electron chi connectivity index (χ2n) is 32.1. The topological polar surface area (TPSA) is 237 Å². The Kier molecular flexibility index (Phi) is 73.4. The fourth-order valence-corrected chi connectivity index (χ4v) is 14.8. The van der Waals surface area contributed by atoms with Gasteiger partial charge in [0.25, 0.3) is 0 Å². The number of carbonyl (C=O) groups excluding carboxylic acids is 4. The molecule has 624 valence electrons. The van der Waals surface area contributed by atoms with E-state index < -0.39 is 97.5 Å². The minimum Gasteiger partial charge on any atom is -0.462 e. The Morgan fingerprint density at radius 3 is 0.676 bits per heavy atom. The number of aliphatic hydroxyl groups excluding tert-OH is 1. The molecule has 0 aliphatic heterocycles. The van der Waals surface area contributed by atoms with E-state index in [0.717, 1.165) is 120 Å². The van der Waals surface area contributed by atoms with E-state index in [2.05, 4.69) is 55.4 Å². The Labute approximate surface area is 645 Å². The summed E-state index contributed by atoms with van der Waals surface area (Å²) in [5.74, 6) is 1.12. The fraction of sp³-hybridized carbons (Fsp3) is 0.953. The van der Waals surface area contributed by atoms with Gasteiger partial charge in [-0.25, -0.2) is 9.13 Å². The highest BCUT2D eigenvalue weighted by molar-refractivity contribution is 7.47. The molecule has 0 fully saturated rings. The molecule has 0 aliphatic rings. The van der Waals surface area contributed by atoms with Gasteiger partial charge in [0.05, 0.1) is 26.4 Å². The van der Waals surface area contributed by atoms with Gasteiger partial charge in [-0.05, 0) is 49.4 Å². The average molecular weight is 1540 g/mol. The number of ether oxygens (including phenoxy) is 4. The summed E-state index contributed by atoms with van der Waals surface area (Å²) in [5.41, 5.74) is 0. The average Bonchev–Trinajstić information content (AvgIpc) is 0.961. The Hall–Kier alpha value is -1.94. The molecule has 17 nitrogen and oxygen atoms in total. The number of unbranched alkanes of at least 4 members (excludes halogenated alkanes) is 46. The lowest BCUT2D eigenvalue weighted by Gasteiger charge is -2.21. The minimum atomic E-state index is -4.97. The number of carbonyl (C=O) groups is 4. The van der Waals surface area contributed by atoms with Crippen LogP contribution in [0.15, 0.2) is 0 Å². The molecule has 0 bridgehead atoms. The summed E-state index contributed by atoms with van der Waals surface area (Å²) >= 11 is 0. The van der Waals surface area contributed by atoms with Gasteiger partial charge in [-0.1, -0.05) is 396 Å². The third kappa shape index (κ3) is 75.9. The summed E-state index contributed by atoms with van der Waals surface area (Å²) < 4.78 is 68.9. The van der Waals surface area contributed by atoms with Crippen molar-refractivity contribution >= 4 is 39.5 Å². The lowest BCUT2D eigenvalue weighted by Crippen LogP contribution is -2.30. The number of phosphoric ester groups is 2. The monoisotopic (exact) mass is 1540 g/mol. The van der Waals surface area contributed by atoms with Gasteiger partial charge in [-0.3, -0.25) is 37.3 Å². The molecule has 105 heavy (non-hydrogen) atoms. The second kappa shape index (κ2) is 74.8. The van der Waals surface area contributed by atoms with E-state index in [1.165, 1.54) is 244 Å². The summed E-state index contributed by atoms with van der Waals surface area (Å²) in [6.45, 7) is 14.4. The largest absolute Gasteiger partial charge is 0.472 e. The van der Waals surface area contributed by atoms with Gasteiger partial charge >= 0.3 is 39.5 Å². The van der Waals surface area contributed by atoms with Crippen molar-refractivity contribution in [3.63, 3.8) is 0 Å². The van der Waals surface area contributed by atoms with Crippen LogP contribution in [0, 0.1) is 23.7 Å². The molecular formula is C86H168O17P2. The van der Waals surface area contributed by atoms with Crippen LogP contribution in [-0.2, 0) is 65.4 Å². The van der Waals surface area contributed by atoms with Gasteiger partial charge in [0.15, 0.2) is 12.2 Å². The molecule has 0 saturated carbocycles. The molecule has 0 aromatic heterocycles. The van der Waals surface area contributed by atoms with Crippen LogP contribution in [0.3, 0.4) is 0 Å². The van der Waals surface area contributed by atoms with Crippen LogP contribution >= 0.6 is 15.6 Å². The maximum Gasteiger partial charge on any atom is 0.472 e. The molecule has 0 amide bonds. The van der Waals surface area contributed by atoms with E-state index >= 15 is 0 Å². The molecule has 0 spiro atoms. The van der Waals surface area contributed by atoms with Gasteiger partial charge < -0.3 is 33.8 Å². The van der Waals surface area contributed by atoms with E-state index in [4.69, 9.17) is 37.0 Å². The van der Waals surface area contributed by atoms with Gasteiger partial charge in [0.2, 0.25) is 0 Å². The number of hydrogen-bond acceptors (Lipinski definition) is 15. The Morgan fingerprint density at radius 1 is 0.267 bits per heavy atom. The lowest BCUT2D eigenvalue weighted by atomic mass is 9.99. The first-order valence-corrected chi connectivity index (χ1v) is 47.3. The van der Waals surface area contributed by atoms with Crippen LogP contribution < -0.4 is 0 Å². The molecule has 3 N–H and O–H groups in total. The smallest absolute Gasteiger partial charge is 0.462 e. The molecule has 0 rings (SSSR count). The fourth-order valence-electron chi connectivity index (χ4n) is 13.2. The summed E-state index contributed by atoms with van der Waals surface area (Å²) in [5, 5.41) is 10.7. The van der Waals surface area contributed by atoms with Crippen molar-refractivity contribution in [1.29, 1.82) is 0 Å². The molecule has 19 heteroatoms. The highest BCUT2D eigenvalue weighted by atomic mass is 31.2. The summed E-state index contributed by atoms with van der Waals surface area (Å²) in [4.78, 5) is 73.2. The molecule has 0 aliphatic carbocycles. The zero-order valence-corrected chi connectivity index (χ0v) is 71.2. The third-order valence-electron chi connectivity index (χ3n) is 21.2. The first-order chi connectivity index (χ1) is 50.7. The second-order valence-corrected chi connectivity index (χ2v) is 35.0. The van der Waals surface area contributed by atoms with E-state index in [-0.39, 0.29) is 25.7 Å². The molecular weight excluding hydrogens is 1370 g/mol. The Morgan fingerprint density at radius 2 is 0.457 bits per heavy atom. The minimum absolute atomic E-state index is 0.106. The van der Waals surface area contributed by atoms with Gasteiger partial charge in [-0.2, -0.15) is 0 Å². The standard InChI is InChI=1S/C86H168O17P2/c1-9-77(6)63-55-47-39-33-27-20-16-14-12-13-15-17-22-29-35-41-50-58-66-83(88)96-72-81(102-85(90)68-60-52-42-36-30-23-19-18-21-28-34-40-48-56-64-78(7)10-2)74-100-104(92,93)98-70-80(87)71-99-105(94,95)101-75-82(73-97-84(89)67-59-51-45-44-49-57-65-79(8)11-3)103-86(91)69-61-53-43-37-31-25-24-26-32-38-46-54-62-76(4)5/h76-82,87H,9-75H2,1-8H3,(H,92,93)(H,94,95)/t77?,78?,79?,80-,81-,82-/m1/s1. The predicted molar refractivity (Wildman–Crippen MR) is 432 cm³/mol. The van der Waals surface area contributed by atoms with Crippen molar-refractivity contribution in [3.05, 3.63) is 0 Å². The van der Waals surface area contributed by atoms with Crippen LogP contribution in [0.4, 0.5) is 0 Å². The van der Waals surface area contributed by atoms with Crippen LogP contribution in [0.1, 0.15) is 447 Å². The number of esters is 4. The van der Waals surface area contributed by atoms with Gasteiger partial charge in [-0.15, -0.1) is 0 Å². The third-order valence-corrected chi connectivity index (χ3v) is 23.1. The van der Waals surface area contributed by atoms with Crippen molar-refractivity contribution in [2.45, 2.75) is 465 Å². The van der Waals surface area contributed by atoms with Crippen LogP contribution in [0.25, 0.3) is 0 Å². The number of rotatable bonds is 83. The summed E-state index contributed by atoms with van der Waals surface area (Å²) in [6, 6.07) is 0. The van der Waals surface area contributed by atoms with Crippen molar-refractivity contribution in [2.75, 3.05) is 39.6 Å². The number of phosphoric acid groups is 2. The van der Waals surface area contributed by atoms with Crippen molar-refractivity contribution < 1.29 is 80.2 Å². The SMILES string of the molecule is CCC(C)CCCCCCCCCCCCCCCCCCCCC(=O)OC[C@H](COP(=O)(O)OC[C@@H](O)COP(=O)(O)OC[C@@H](COC(=O)CCCCCCCCC(C)CC)OC(=O)CCCCCCCCCCCCCCC(C)C)OC(=O)CCCCCCCCCCCCCCCCC(C)CC. The molecule has 0 heterocycles. The van der Waals surface area contributed by atoms with Crippen molar-refractivity contribution in [1.82, 2.24) is 0 Å². The maximum absolute atomic E-state index is 13.1. The predicted octanol–water partition coefficient (Wildman–Crippen LogP) is 25.9.